The summed E-state index contributed by atoms with van der Waals surface area (Å²) in [5.41, 5.74) is 2.54. The Bertz CT molecular complexity index is 1140. The summed E-state index contributed by atoms with van der Waals surface area (Å²) in [6, 6.07) is 11.1. The van der Waals surface area contributed by atoms with Crippen molar-refractivity contribution in [3.63, 3.8) is 0 Å². The Morgan fingerprint density at radius 2 is 1.85 bits per heavy atom. The lowest BCUT2D eigenvalue weighted by molar-refractivity contribution is -0.162. The van der Waals surface area contributed by atoms with Crippen molar-refractivity contribution in [2.45, 2.75) is 38.6 Å². The first-order chi connectivity index (χ1) is 15.9. The van der Waals surface area contributed by atoms with Crippen LogP contribution in [-0.4, -0.2) is 42.1 Å². The quantitative estimate of drug-likeness (QED) is 0.360. The number of aromatic amines is 1. The van der Waals surface area contributed by atoms with E-state index in [-0.39, 0.29) is 37.5 Å². The normalized spacial score (nSPS) is 17.2. The van der Waals surface area contributed by atoms with Gasteiger partial charge < -0.3 is 19.8 Å². The number of benzene rings is 1. The molecule has 1 amide bonds. The van der Waals surface area contributed by atoms with E-state index in [4.69, 9.17) is 21.1 Å². The van der Waals surface area contributed by atoms with Crippen LogP contribution in [0, 0.1) is 5.92 Å². The van der Waals surface area contributed by atoms with Crippen molar-refractivity contribution in [2.75, 3.05) is 13.2 Å². The molecule has 1 aliphatic carbocycles. The lowest BCUT2D eigenvalue weighted by Crippen LogP contribution is -2.40. The zero-order valence-electron chi connectivity index (χ0n) is 18.4. The van der Waals surface area contributed by atoms with E-state index in [0.29, 0.717) is 16.5 Å². The summed E-state index contributed by atoms with van der Waals surface area (Å²) < 4.78 is 10.9. The maximum atomic E-state index is 13.1. The molecule has 33 heavy (non-hydrogen) atoms. The van der Waals surface area contributed by atoms with Crippen molar-refractivity contribution in [3.05, 3.63) is 57.6 Å². The second kappa shape index (κ2) is 9.97. The molecule has 7 nitrogen and oxygen atoms in total. The van der Waals surface area contributed by atoms with Crippen molar-refractivity contribution in [3.8, 4) is 0 Å². The van der Waals surface area contributed by atoms with E-state index in [1.165, 1.54) is 11.3 Å². The molecule has 0 unspecified atom stereocenters. The molecule has 0 bridgehead atoms. The minimum absolute atomic E-state index is 0.171. The topological polar surface area (TPSA) is 97.5 Å². The fourth-order valence-corrected chi connectivity index (χ4v) is 5.54. The van der Waals surface area contributed by atoms with Crippen LogP contribution >= 0.6 is 22.9 Å². The molecular weight excluding hydrogens is 464 g/mol. The van der Waals surface area contributed by atoms with Crippen molar-refractivity contribution < 1.29 is 23.9 Å². The third-order valence-electron chi connectivity index (χ3n) is 5.85. The molecule has 2 aromatic heterocycles. The van der Waals surface area contributed by atoms with Crippen LogP contribution in [-0.2, 0) is 25.5 Å². The fourth-order valence-electron chi connectivity index (χ4n) is 4.41. The van der Waals surface area contributed by atoms with Crippen LogP contribution in [0.4, 0.5) is 0 Å². The number of esters is 2. The van der Waals surface area contributed by atoms with E-state index in [0.717, 1.165) is 21.3 Å². The highest BCUT2D eigenvalue weighted by Gasteiger charge is 2.40. The van der Waals surface area contributed by atoms with E-state index in [1.54, 1.807) is 19.9 Å². The largest absolute Gasteiger partial charge is 0.465 e. The van der Waals surface area contributed by atoms with Crippen LogP contribution in [0.25, 0.3) is 10.2 Å². The average Bonchev–Trinajstić information content (AvgIpc) is 3.43. The molecule has 1 aromatic carbocycles. The molecule has 0 fully saturated rings. The summed E-state index contributed by atoms with van der Waals surface area (Å²) in [4.78, 5) is 42.2. The summed E-state index contributed by atoms with van der Waals surface area (Å²) in [6.45, 7) is 3.74. The Morgan fingerprint density at radius 1 is 1.15 bits per heavy atom. The number of carbonyl (C=O) groups is 3. The standard InChI is InChI=1S/C24H25ClN2O5S/c1-3-31-23(29)17(24(30)32-4-2)12-16-15-8-6-5-7-13(15)9-18(16)26-21(28)19-10-14-11-20(25)33-22(14)27-19/h5-8,10-11,16-18,27H,3-4,9,12H2,1-2H3,(H,26,28)/t16-,18-/m1/s1. The van der Waals surface area contributed by atoms with Gasteiger partial charge in [-0.1, -0.05) is 35.9 Å². The predicted molar refractivity (Wildman–Crippen MR) is 127 cm³/mol. The van der Waals surface area contributed by atoms with E-state index in [2.05, 4.69) is 10.3 Å². The van der Waals surface area contributed by atoms with E-state index >= 15 is 0 Å². The summed E-state index contributed by atoms with van der Waals surface area (Å²) in [5, 5.41) is 3.98. The molecule has 0 saturated carbocycles. The molecule has 1 aliphatic rings. The molecule has 2 atom stereocenters. The van der Waals surface area contributed by atoms with Gasteiger partial charge in [-0.2, -0.15) is 0 Å². The zero-order valence-corrected chi connectivity index (χ0v) is 19.9. The Kier molecular flexibility index (Phi) is 7.05. The second-order valence-corrected chi connectivity index (χ2v) is 9.58. The smallest absolute Gasteiger partial charge is 0.320 e. The number of amides is 1. The van der Waals surface area contributed by atoms with Crippen LogP contribution in [0.2, 0.25) is 4.34 Å². The first-order valence-electron chi connectivity index (χ1n) is 10.9. The van der Waals surface area contributed by atoms with Crippen molar-refractivity contribution in [1.82, 2.24) is 10.3 Å². The van der Waals surface area contributed by atoms with Crippen LogP contribution in [0.3, 0.4) is 0 Å². The van der Waals surface area contributed by atoms with Gasteiger partial charge in [0.15, 0.2) is 5.92 Å². The molecule has 3 aromatic rings. The maximum Gasteiger partial charge on any atom is 0.320 e. The zero-order chi connectivity index (χ0) is 23.5. The highest BCUT2D eigenvalue weighted by atomic mass is 35.5. The van der Waals surface area contributed by atoms with Gasteiger partial charge >= 0.3 is 11.9 Å². The monoisotopic (exact) mass is 488 g/mol. The number of H-pyrrole nitrogens is 1. The molecule has 2 heterocycles. The highest BCUT2D eigenvalue weighted by molar-refractivity contribution is 7.22. The molecular formula is C24H25ClN2O5S. The molecule has 4 rings (SSSR count). The number of aromatic nitrogens is 1. The predicted octanol–water partition coefficient (Wildman–Crippen LogP) is 4.45. The molecule has 2 N–H and O–H groups in total. The number of ether oxygens (including phenoxy) is 2. The Hall–Kier alpha value is -2.84. The number of thiophene rings is 1. The summed E-state index contributed by atoms with van der Waals surface area (Å²) in [7, 11) is 0. The van der Waals surface area contributed by atoms with Gasteiger partial charge in [-0.25, -0.2) is 0 Å². The molecule has 0 spiro atoms. The first kappa shape index (κ1) is 23.3. The van der Waals surface area contributed by atoms with Gasteiger partial charge in [0.2, 0.25) is 0 Å². The Labute approximate surface area is 200 Å². The van der Waals surface area contributed by atoms with Gasteiger partial charge in [0.1, 0.15) is 10.5 Å². The SMILES string of the molecule is CCOC(=O)C(C[C@@H]1c2ccccc2C[C@H]1NC(=O)c1cc2cc(Cl)sc2[nH]1)C(=O)OCC. The fraction of sp³-hybridized carbons (Fsp3) is 0.375. The number of hydrogen-bond donors (Lipinski definition) is 2. The lowest BCUT2D eigenvalue weighted by Gasteiger charge is -2.25. The van der Waals surface area contributed by atoms with Crippen molar-refractivity contribution >= 4 is 51.0 Å². The van der Waals surface area contributed by atoms with Gasteiger partial charge in [0.05, 0.1) is 17.6 Å². The minimum atomic E-state index is -1.06. The molecule has 174 valence electrons. The van der Waals surface area contributed by atoms with Gasteiger partial charge in [0.25, 0.3) is 5.91 Å². The van der Waals surface area contributed by atoms with Crippen LogP contribution in [0.15, 0.2) is 36.4 Å². The van der Waals surface area contributed by atoms with Gasteiger partial charge in [-0.3, -0.25) is 14.4 Å². The number of rotatable bonds is 8. The van der Waals surface area contributed by atoms with Gasteiger partial charge in [-0.15, -0.1) is 11.3 Å². The van der Waals surface area contributed by atoms with Gasteiger partial charge in [-0.05, 0) is 49.9 Å². The van der Waals surface area contributed by atoms with E-state index < -0.39 is 17.9 Å². The second-order valence-electron chi connectivity index (χ2n) is 7.90. The number of halogens is 1. The first-order valence-corrected chi connectivity index (χ1v) is 12.1. The number of hydrogen-bond acceptors (Lipinski definition) is 6. The minimum Gasteiger partial charge on any atom is -0.465 e. The van der Waals surface area contributed by atoms with E-state index in [9.17, 15) is 14.4 Å². The third kappa shape index (κ3) is 4.91. The number of nitrogens with one attached hydrogen (secondary N) is 2. The maximum absolute atomic E-state index is 13.1. The summed E-state index contributed by atoms with van der Waals surface area (Å²) in [6.07, 6.45) is 0.793. The van der Waals surface area contributed by atoms with Crippen LogP contribution in [0.1, 0.15) is 47.8 Å². The molecule has 0 radical (unpaired) electrons. The van der Waals surface area contributed by atoms with Gasteiger partial charge in [0, 0.05) is 17.3 Å². The molecule has 0 saturated heterocycles. The lowest BCUT2D eigenvalue weighted by atomic mass is 9.87. The van der Waals surface area contributed by atoms with Crippen LogP contribution < -0.4 is 5.32 Å². The van der Waals surface area contributed by atoms with Crippen LogP contribution in [0.5, 0.6) is 0 Å². The average molecular weight is 489 g/mol. The molecule has 0 aliphatic heterocycles. The van der Waals surface area contributed by atoms with Crippen molar-refractivity contribution in [2.24, 2.45) is 5.92 Å². The number of carbonyl (C=O) groups excluding carboxylic acids is 3. The Morgan fingerprint density at radius 3 is 2.52 bits per heavy atom. The number of fused-ring (bicyclic) bond motifs is 2. The highest BCUT2D eigenvalue weighted by Crippen LogP contribution is 2.38. The van der Waals surface area contributed by atoms with Crippen molar-refractivity contribution in [1.29, 1.82) is 0 Å². The summed E-state index contributed by atoms with van der Waals surface area (Å²) >= 11 is 7.41. The third-order valence-corrected chi connectivity index (χ3v) is 7.05. The van der Waals surface area contributed by atoms with E-state index in [1.807, 2.05) is 30.3 Å². The Balaban J connectivity index is 1.58. The summed E-state index contributed by atoms with van der Waals surface area (Å²) in [5.74, 6) is -2.76. The molecule has 9 heteroatoms.